The fourth-order valence-corrected chi connectivity index (χ4v) is 3.93. The number of para-hydroxylation sites is 1. The van der Waals surface area contributed by atoms with Crippen molar-refractivity contribution in [2.45, 2.75) is 38.1 Å². The Morgan fingerprint density at radius 3 is 2.48 bits per heavy atom. The Hall–Kier alpha value is -2.95. The first-order valence-electron chi connectivity index (χ1n) is 9.47. The van der Waals surface area contributed by atoms with Crippen LogP contribution in [-0.2, 0) is 16.8 Å². The van der Waals surface area contributed by atoms with Gasteiger partial charge in [0.1, 0.15) is 5.82 Å². The maximum absolute atomic E-state index is 13.4. The van der Waals surface area contributed by atoms with Crippen LogP contribution in [0.5, 0.6) is 0 Å². The van der Waals surface area contributed by atoms with Gasteiger partial charge in [-0.05, 0) is 37.5 Å². The van der Waals surface area contributed by atoms with Gasteiger partial charge in [-0.2, -0.15) is 0 Å². The summed E-state index contributed by atoms with van der Waals surface area (Å²) < 4.78 is 0. The summed E-state index contributed by atoms with van der Waals surface area (Å²) in [5.41, 5.74) is 1.13. The Morgan fingerprint density at radius 1 is 1.11 bits per heavy atom. The fraction of sp³-hybridized carbons (Fsp3) is 0.318. The first kappa shape index (κ1) is 17.5. The number of H-pyrrole nitrogens is 1. The number of carbonyl (C=O) groups is 1. The van der Waals surface area contributed by atoms with Crippen LogP contribution in [0.2, 0.25) is 0 Å². The Labute approximate surface area is 158 Å². The predicted molar refractivity (Wildman–Crippen MR) is 105 cm³/mol. The van der Waals surface area contributed by atoms with Crippen LogP contribution < -0.4 is 5.56 Å². The minimum Gasteiger partial charge on any atom is -0.335 e. The summed E-state index contributed by atoms with van der Waals surface area (Å²) in [4.78, 5) is 35.0. The highest BCUT2D eigenvalue weighted by molar-refractivity contribution is 5.89. The topological polar surface area (TPSA) is 66.1 Å². The number of carbonyl (C=O) groups excluding carboxylic acids is 1. The number of rotatable bonds is 5. The van der Waals surface area contributed by atoms with Crippen LogP contribution >= 0.6 is 0 Å². The zero-order chi connectivity index (χ0) is 18.9. The van der Waals surface area contributed by atoms with E-state index in [2.05, 4.69) is 9.97 Å². The summed E-state index contributed by atoms with van der Waals surface area (Å²) >= 11 is 0. The lowest BCUT2D eigenvalue weighted by Gasteiger charge is -2.43. The normalized spacial score (nSPS) is 15.3. The third-order valence-electron chi connectivity index (χ3n) is 5.61. The minimum absolute atomic E-state index is 0.123. The van der Waals surface area contributed by atoms with Gasteiger partial charge in [0.25, 0.3) is 5.56 Å². The van der Waals surface area contributed by atoms with Crippen molar-refractivity contribution in [2.24, 2.45) is 0 Å². The van der Waals surface area contributed by atoms with Crippen LogP contribution in [0.1, 0.15) is 37.6 Å². The minimum atomic E-state index is -0.436. The lowest BCUT2D eigenvalue weighted by atomic mass is 9.63. The Bertz CT molecular complexity index is 1020. The molecule has 3 aromatic rings. The molecule has 1 amide bonds. The molecule has 1 saturated carbocycles. The highest BCUT2D eigenvalue weighted by Crippen LogP contribution is 2.45. The molecular formula is C22H23N3O2. The molecule has 5 nitrogen and oxygen atoms in total. The monoisotopic (exact) mass is 361 g/mol. The van der Waals surface area contributed by atoms with Gasteiger partial charge in [-0.1, -0.05) is 48.9 Å². The number of amides is 1. The molecular weight excluding hydrogens is 338 g/mol. The van der Waals surface area contributed by atoms with E-state index in [1.807, 2.05) is 55.5 Å². The van der Waals surface area contributed by atoms with E-state index in [0.717, 1.165) is 24.8 Å². The van der Waals surface area contributed by atoms with Crippen molar-refractivity contribution in [3.05, 3.63) is 76.3 Å². The summed E-state index contributed by atoms with van der Waals surface area (Å²) in [5, 5.41) is 0.565. The van der Waals surface area contributed by atoms with Crippen LogP contribution in [0.3, 0.4) is 0 Å². The van der Waals surface area contributed by atoms with E-state index >= 15 is 0 Å². The molecule has 0 saturated heterocycles. The molecule has 0 bridgehead atoms. The number of fused-ring (bicyclic) bond motifs is 1. The predicted octanol–water partition coefficient (Wildman–Crippen LogP) is 3.39. The van der Waals surface area contributed by atoms with Gasteiger partial charge in [-0.25, -0.2) is 4.98 Å². The van der Waals surface area contributed by atoms with Gasteiger partial charge in [0, 0.05) is 6.54 Å². The van der Waals surface area contributed by atoms with Crippen LogP contribution in [0.25, 0.3) is 10.9 Å². The second-order valence-corrected chi connectivity index (χ2v) is 7.15. The molecule has 1 heterocycles. The molecule has 0 aliphatic heterocycles. The summed E-state index contributed by atoms with van der Waals surface area (Å²) in [6, 6.07) is 17.3. The van der Waals surface area contributed by atoms with E-state index in [4.69, 9.17) is 0 Å². The van der Waals surface area contributed by atoms with Crippen LogP contribution in [0, 0.1) is 0 Å². The smallest absolute Gasteiger partial charge is 0.258 e. The molecule has 0 atom stereocenters. The fourth-order valence-electron chi connectivity index (χ4n) is 3.93. The van der Waals surface area contributed by atoms with E-state index in [9.17, 15) is 9.59 Å². The second-order valence-electron chi connectivity index (χ2n) is 7.15. The van der Waals surface area contributed by atoms with Crippen molar-refractivity contribution < 1.29 is 4.79 Å². The standard InChI is InChI=1S/C22H23N3O2/c1-2-25(15-19-23-18-12-7-6-11-17(18)20(26)24-19)21(27)22(13-8-14-22)16-9-4-3-5-10-16/h3-7,9-12H,2,8,13-15H2,1H3,(H,23,24,26). The summed E-state index contributed by atoms with van der Waals surface area (Å²) in [6.45, 7) is 2.85. The molecule has 1 fully saturated rings. The summed E-state index contributed by atoms with van der Waals surface area (Å²) in [6.07, 6.45) is 2.80. The number of hydrogen-bond donors (Lipinski definition) is 1. The van der Waals surface area contributed by atoms with Gasteiger partial charge in [0.2, 0.25) is 5.91 Å². The largest absolute Gasteiger partial charge is 0.335 e. The lowest BCUT2D eigenvalue weighted by molar-refractivity contribution is -0.141. The van der Waals surface area contributed by atoms with Crippen molar-refractivity contribution >= 4 is 16.8 Å². The maximum Gasteiger partial charge on any atom is 0.258 e. The van der Waals surface area contributed by atoms with Gasteiger partial charge in [0.15, 0.2) is 0 Å². The summed E-state index contributed by atoms with van der Waals surface area (Å²) in [7, 11) is 0. The molecule has 0 spiro atoms. The van der Waals surface area contributed by atoms with Gasteiger partial charge < -0.3 is 9.88 Å². The first-order chi connectivity index (χ1) is 13.1. The molecule has 4 rings (SSSR count). The van der Waals surface area contributed by atoms with E-state index in [1.165, 1.54) is 0 Å². The maximum atomic E-state index is 13.4. The van der Waals surface area contributed by atoms with Crippen molar-refractivity contribution in [3.8, 4) is 0 Å². The number of nitrogens with zero attached hydrogens (tertiary/aromatic N) is 2. The molecule has 2 aromatic carbocycles. The van der Waals surface area contributed by atoms with E-state index < -0.39 is 5.41 Å². The van der Waals surface area contributed by atoms with Crippen LogP contribution in [-0.4, -0.2) is 27.3 Å². The average Bonchev–Trinajstić information content (AvgIpc) is 2.66. The first-order valence-corrected chi connectivity index (χ1v) is 9.47. The number of aromatic nitrogens is 2. The van der Waals surface area contributed by atoms with Gasteiger partial charge in [0.05, 0.1) is 22.9 Å². The molecule has 1 aliphatic carbocycles. The molecule has 1 aliphatic rings. The Balaban J connectivity index is 1.64. The van der Waals surface area contributed by atoms with E-state index in [-0.39, 0.29) is 11.5 Å². The third kappa shape index (κ3) is 3.03. The van der Waals surface area contributed by atoms with Gasteiger partial charge in [-0.15, -0.1) is 0 Å². The molecule has 5 heteroatoms. The van der Waals surface area contributed by atoms with Gasteiger partial charge in [-0.3, -0.25) is 9.59 Å². The number of benzene rings is 2. The van der Waals surface area contributed by atoms with E-state index in [0.29, 0.717) is 29.8 Å². The van der Waals surface area contributed by atoms with Crippen molar-refractivity contribution in [1.29, 1.82) is 0 Å². The second kappa shape index (κ2) is 6.99. The van der Waals surface area contributed by atoms with Crippen LogP contribution in [0.4, 0.5) is 0 Å². The lowest BCUT2D eigenvalue weighted by Crippen LogP contribution is -2.51. The molecule has 27 heavy (non-hydrogen) atoms. The molecule has 1 N–H and O–H groups in total. The number of aromatic amines is 1. The molecule has 0 radical (unpaired) electrons. The summed E-state index contributed by atoms with van der Waals surface area (Å²) in [5.74, 6) is 0.648. The highest BCUT2D eigenvalue weighted by Gasteiger charge is 2.47. The average molecular weight is 361 g/mol. The van der Waals surface area contributed by atoms with Gasteiger partial charge >= 0.3 is 0 Å². The number of hydrogen-bond acceptors (Lipinski definition) is 3. The quantitative estimate of drug-likeness (QED) is 0.757. The SMILES string of the molecule is CCN(Cc1nc2ccccc2c(=O)[nH]1)C(=O)C1(c2ccccc2)CCC1. The van der Waals surface area contributed by atoms with Crippen molar-refractivity contribution in [3.63, 3.8) is 0 Å². The number of nitrogens with one attached hydrogen (secondary N) is 1. The highest BCUT2D eigenvalue weighted by atomic mass is 16.2. The molecule has 138 valence electrons. The molecule has 0 unspecified atom stereocenters. The zero-order valence-corrected chi connectivity index (χ0v) is 15.4. The molecule has 1 aromatic heterocycles. The van der Waals surface area contributed by atoms with Crippen LogP contribution in [0.15, 0.2) is 59.4 Å². The Morgan fingerprint density at radius 2 is 1.81 bits per heavy atom. The van der Waals surface area contributed by atoms with Crippen molar-refractivity contribution in [1.82, 2.24) is 14.9 Å². The van der Waals surface area contributed by atoms with E-state index in [1.54, 1.807) is 11.0 Å². The zero-order valence-electron chi connectivity index (χ0n) is 15.4. The Kier molecular flexibility index (Phi) is 4.52. The third-order valence-corrected chi connectivity index (χ3v) is 5.61. The van der Waals surface area contributed by atoms with Crippen molar-refractivity contribution in [2.75, 3.05) is 6.54 Å². The number of likely N-dealkylation sites (N-methyl/N-ethyl adjacent to an activating group) is 1.